The van der Waals surface area contributed by atoms with Crippen molar-refractivity contribution >= 4 is 5.97 Å². The van der Waals surface area contributed by atoms with E-state index in [-0.39, 0.29) is 5.92 Å². The average Bonchev–Trinajstić information content (AvgIpc) is 2.46. The molecule has 0 radical (unpaired) electrons. The maximum atomic E-state index is 11.4. The summed E-state index contributed by atoms with van der Waals surface area (Å²) in [6, 6.07) is 0. The third kappa shape index (κ3) is 11.8. The van der Waals surface area contributed by atoms with Crippen molar-refractivity contribution in [2.24, 2.45) is 11.8 Å². The zero-order chi connectivity index (χ0) is 15.9. The summed E-state index contributed by atoms with van der Waals surface area (Å²) >= 11 is 0. The molecule has 0 aliphatic carbocycles. The van der Waals surface area contributed by atoms with Crippen LogP contribution in [0.1, 0.15) is 104 Å². The van der Waals surface area contributed by atoms with E-state index in [9.17, 15) is 9.90 Å². The number of hydrogen-bond acceptors (Lipinski definition) is 1. The maximum absolute atomic E-state index is 11.4. The summed E-state index contributed by atoms with van der Waals surface area (Å²) in [5.41, 5.74) is 0. The second-order valence-corrected chi connectivity index (χ2v) is 6.68. The molecule has 0 rings (SSSR count). The molecule has 2 nitrogen and oxygen atoms in total. The molecule has 0 saturated heterocycles. The van der Waals surface area contributed by atoms with Crippen molar-refractivity contribution in [2.45, 2.75) is 104 Å². The number of rotatable bonds is 15. The van der Waals surface area contributed by atoms with E-state index in [1.54, 1.807) is 0 Å². The van der Waals surface area contributed by atoms with Gasteiger partial charge >= 0.3 is 5.97 Å². The van der Waals surface area contributed by atoms with Gasteiger partial charge in [0.25, 0.3) is 0 Å². The molecule has 0 aromatic rings. The van der Waals surface area contributed by atoms with Gasteiger partial charge in [0.2, 0.25) is 0 Å². The van der Waals surface area contributed by atoms with Gasteiger partial charge in [0, 0.05) is 0 Å². The van der Waals surface area contributed by atoms with Crippen LogP contribution in [0.3, 0.4) is 0 Å². The summed E-state index contributed by atoms with van der Waals surface area (Å²) in [5.74, 6) is -0.370. The third-order valence-corrected chi connectivity index (χ3v) is 4.64. The van der Waals surface area contributed by atoms with Crippen LogP contribution in [0, 0.1) is 11.8 Å². The van der Waals surface area contributed by atoms with Gasteiger partial charge in [0.05, 0.1) is 5.92 Å². The number of carboxylic acids is 1. The maximum Gasteiger partial charge on any atom is 0.306 e. The Balaban J connectivity index is 3.77. The molecule has 0 aromatic carbocycles. The van der Waals surface area contributed by atoms with Crippen LogP contribution in [0.2, 0.25) is 0 Å². The van der Waals surface area contributed by atoms with E-state index in [4.69, 9.17) is 0 Å². The summed E-state index contributed by atoms with van der Waals surface area (Å²) in [6.45, 7) is 6.58. The molecule has 1 N–H and O–H groups in total. The van der Waals surface area contributed by atoms with Gasteiger partial charge in [-0.1, -0.05) is 91.4 Å². The van der Waals surface area contributed by atoms with E-state index < -0.39 is 5.97 Å². The Morgan fingerprint density at radius 3 is 1.71 bits per heavy atom. The Kier molecular flexibility index (Phi) is 14.0. The standard InChI is InChI=1S/C19H38O2/c1-4-6-8-10-11-12-14-16-18(19(20)21)17(3)15-13-9-7-5-2/h17-18H,4-16H2,1-3H3,(H,20,21). The molecule has 0 spiro atoms. The summed E-state index contributed by atoms with van der Waals surface area (Å²) in [4.78, 5) is 11.4. The summed E-state index contributed by atoms with van der Waals surface area (Å²) in [5, 5.41) is 9.42. The largest absolute Gasteiger partial charge is 0.481 e. The highest BCUT2D eigenvalue weighted by Gasteiger charge is 2.23. The fourth-order valence-corrected chi connectivity index (χ4v) is 3.07. The quantitative estimate of drug-likeness (QED) is 0.353. The SMILES string of the molecule is CCCCCCCCCC(C(=O)O)C(C)CCCCCC. The summed E-state index contributed by atoms with van der Waals surface area (Å²) in [6.07, 6.45) is 15.8. The molecular formula is C19H38O2. The Morgan fingerprint density at radius 1 is 0.762 bits per heavy atom. The zero-order valence-electron chi connectivity index (χ0n) is 14.7. The van der Waals surface area contributed by atoms with Gasteiger partial charge in [-0.2, -0.15) is 0 Å². The second kappa shape index (κ2) is 14.4. The first-order valence-electron chi connectivity index (χ1n) is 9.36. The lowest BCUT2D eigenvalue weighted by Gasteiger charge is -2.20. The molecule has 126 valence electrons. The Hall–Kier alpha value is -0.530. The highest BCUT2D eigenvalue weighted by atomic mass is 16.4. The lowest BCUT2D eigenvalue weighted by Crippen LogP contribution is -2.21. The van der Waals surface area contributed by atoms with Gasteiger partial charge in [-0.15, -0.1) is 0 Å². The predicted molar refractivity (Wildman–Crippen MR) is 91.7 cm³/mol. The fraction of sp³-hybridized carbons (Fsp3) is 0.947. The molecule has 0 aliphatic rings. The molecule has 0 fully saturated rings. The first-order chi connectivity index (χ1) is 10.1. The van der Waals surface area contributed by atoms with Crippen LogP contribution in [0.15, 0.2) is 0 Å². The van der Waals surface area contributed by atoms with E-state index in [0.717, 1.165) is 19.3 Å². The number of hydrogen-bond donors (Lipinski definition) is 1. The minimum absolute atomic E-state index is 0.123. The number of carboxylic acid groups (broad SMARTS) is 1. The Labute approximate surface area is 132 Å². The second-order valence-electron chi connectivity index (χ2n) is 6.68. The van der Waals surface area contributed by atoms with Crippen LogP contribution in [0.5, 0.6) is 0 Å². The molecule has 2 heteroatoms. The van der Waals surface area contributed by atoms with Crippen molar-refractivity contribution in [3.8, 4) is 0 Å². The van der Waals surface area contributed by atoms with Gasteiger partial charge < -0.3 is 5.11 Å². The molecule has 0 amide bonds. The smallest absolute Gasteiger partial charge is 0.306 e. The van der Waals surface area contributed by atoms with E-state index in [0.29, 0.717) is 5.92 Å². The molecule has 21 heavy (non-hydrogen) atoms. The number of unbranched alkanes of at least 4 members (excludes halogenated alkanes) is 9. The van der Waals surface area contributed by atoms with Gasteiger partial charge in [-0.3, -0.25) is 4.79 Å². The van der Waals surface area contributed by atoms with Crippen LogP contribution in [0.25, 0.3) is 0 Å². The van der Waals surface area contributed by atoms with Crippen molar-refractivity contribution < 1.29 is 9.90 Å². The van der Waals surface area contributed by atoms with Crippen molar-refractivity contribution in [3.05, 3.63) is 0 Å². The summed E-state index contributed by atoms with van der Waals surface area (Å²) < 4.78 is 0. The molecule has 0 aromatic heterocycles. The van der Waals surface area contributed by atoms with E-state index in [1.165, 1.54) is 64.2 Å². The molecule has 2 unspecified atom stereocenters. The van der Waals surface area contributed by atoms with Gasteiger partial charge in [-0.05, 0) is 18.8 Å². The molecule has 2 atom stereocenters. The first-order valence-corrected chi connectivity index (χ1v) is 9.36. The van der Waals surface area contributed by atoms with Crippen LogP contribution >= 0.6 is 0 Å². The Bertz CT molecular complexity index is 238. The average molecular weight is 299 g/mol. The van der Waals surface area contributed by atoms with Crippen molar-refractivity contribution in [2.75, 3.05) is 0 Å². The van der Waals surface area contributed by atoms with E-state index in [1.807, 2.05) is 0 Å². The van der Waals surface area contributed by atoms with Crippen LogP contribution in [0.4, 0.5) is 0 Å². The van der Waals surface area contributed by atoms with E-state index >= 15 is 0 Å². The van der Waals surface area contributed by atoms with Crippen molar-refractivity contribution in [1.29, 1.82) is 0 Å². The molecule has 0 saturated carbocycles. The highest BCUT2D eigenvalue weighted by Crippen LogP contribution is 2.25. The molecule has 0 aliphatic heterocycles. The van der Waals surface area contributed by atoms with Gasteiger partial charge in [-0.25, -0.2) is 0 Å². The van der Waals surface area contributed by atoms with Crippen molar-refractivity contribution in [3.63, 3.8) is 0 Å². The van der Waals surface area contributed by atoms with Crippen LogP contribution in [-0.2, 0) is 4.79 Å². The van der Waals surface area contributed by atoms with E-state index in [2.05, 4.69) is 20.8 Å². The zero-order valence-corrected chi connectivity index (χ0v) is 14.7. The minimum atomic E-state index is -0.580. The van der Waals surface area contributed by atoms with Crippen LogP contribution in [-0.4, -0.2) is 11.1 Å². The van der Waals surface area contributed by atoms with Crippen LogP contribution < -0.4 is 0 Å². The number of carbonyl (C=O) groups is 1. The minimum Gasteiger partial charge on any atom is -0.481 e. The normalized spacial score (nSPS) is 14.0. The predicted octanol–water partition coefficient (Wildman–Crippen LogP) is 6.43. The molecular weight excluding hydrogens is 260 g/mol. The fourth-order valence-electron chi connectivity index (χ4n) is 3.07. The number of aliphatic carboxylic acids is 1. The first kappa shape index (κ1) is 20.5. The monoisotopic (exact) mass is 298 g/mol. The van der Waals surface area contributed by atoms with Gasteiger partial charge in [0.1, 0.15) is 0 Å². The third-order valence-electron chi connectivity index (χ3n) is 4.64. The lowest BCUT2D eigenvalue weighted by molar-refractivity contribution is -0.143. The molecule has 0 bridgehead atoms. The summed E-state index contributed by atoms with van der Waals surface area (Å²) in [7, 11) is 0. The highest BCUT2D eigenvalue weighted by molar-refractivity contribution is 5.70. The molecule has 0 heterocycles. The Morgan fingerprint density at radius 2 is 1.19 bits per heavy atom. The van der Waals surface area contributed by atoms with Gasteiger partial charge in [0.15, 0.2) is 0 Å². The lowest BCUT2D eigenvalue weighted by atomic mass is 9.85. The topological polar surface area (TPSA) is 37.3 Å². The van der Waals surface area contributed by atoms with Crippen molar-refractivity contribution in [1.82, 2.24) is 0 Å².